The highest BCUT2D eigenvalue weighted by Gasteiger charge is 2.23. The van der Waals surface area contributed by atoms with E-state index in [-0.39, 0.29) is 6.61 Å². The van der Waals surface area contributed by atoms with Gasteiger partial charge in [0.05, 0.1) is 12.4 Å². The first-order valence-corrected chi connectivity index (χ1v) is 8.16. The highest BCUT2D eigenvalue weighted by atomic mass is 16.3. The number of aromatic nitrogens is 4. The van der Waals surface area contributed by atoms with Crippen molar-refractivity contribution in [1.82, 2.24) is 24.6 Å². The molecule has 3 heterocycles. The molecule has 7 nitrogen and oxygen atoms in total. The van der Waals surface area contributed by atoms with Crippen LogP contribution in [0, 0.1) is 0 Å². The molecule has 124 valence electrons. The van der Waals surface area contributed by atoms with Gasteiger partial charge in [-0.15, -0.1) is 0 Å². The van der Waals surface area contributed by atoms with Gasteiger partial charge in [-0.05, 0) is 32.4 Å². The Hall–Kier alpha value is -1.99. The molecule has 2 aromatic rings. The lowest BCUT2D eigenvalue weighted by Crippen LogP contribution is -2.44. The van der Waals surface area contributed by atoms with Gasteiger partial charge in [-0.25, -0.2) is 9.67 Å². The average Bonchev–Trinajstić information content (AvgIpc) is 3.14. The summed E-state index contributed by atoms with van der Waals surface area (Å²) < 4.78 is 1.73. The van der Waals surface area contributed by atoms with E-state index in [0.717, 1.165) is 50.5 Å². The van der Waals surface area contributed by atoms with Crippen molar-refractivity contribution in [3.05, 3.63) is 30.9 Å². The standard InChI is InChI=1S/C16H24N6O/c1-20(7-3-11-23)14-4-9-21(10-5-14)15-12-17-13-16(19-15)22-8-2-6-18-22/h2,6,8,12-14,23H,3-5,7,9-11H2,1H3. The molecule has 1 N–H and O–H groups in total. The second kappa shape index (κ2) is 7.52. The van der Waals surface area contributed by atoms with Gasteiger partial charge < -0.3 is 14.9 Å². The smallest absolute Gasteiger partial charge is 0.173 e. The Labute approximate surface area is 136 Å². The number of aliphatic hydroxyl groups excluding tert-OH is 1. The van der Waals surface area contributed by atoms with Gasteiger partial charge in [-0.2, -0.15) is 5.10 Å². The Bertz CT molecular complexity index is 594. The fraction of sp³-hybridized carbons (Fsp3) is 0.562. The van der Waals surface area contributed by atoms with E-state index in [0.29, 0.717) is 6.04 Å². The van der Waals surface area contributed by atoms with Crippen LogP contribution in [0.25, 0.3) is 5.82 Å². The van der Waals surface area contributed by atoms with Crippen LogP contribution in [0.15, 0.2) is 30.9 Å². The molecule has 0 bridgehead atoms. The molecule has 0 saturated carbocycles. The first kappa shape index (κ1) is 15.9. The summed E-state index contributed by atoms with van der Waals surface area (Å²) in [6.07, 6.45) is 10.2. The van der Waals surface area contributed by atoms with Crippen molar-refractivity contribution in [1.29, 1.82) is 0 Å². The topological polar surface area (TPSA) is 70.3 Å². The van der Waals surface area contributed by atoms with E-state index in [2.05, 4.69) is 31.9 Å². The van der Waals surface area contributed by atoms with Crippen LogP contribution in [0.5, 0.6) is 0 Å². The molecule has 7 heteroatoms. The number of piperidine rings is 1. The fourth-order valence-corrected chi connectivity index (χ4v) is 3.05. The zero-order valence-electron chi connectivity index (χ0n) is 13.5. The van der Waals surface area contributed by atoms with Crippen LogP contribution in [-0.2, 0) is 0 Å². The van der Waals surface area contributed by atoms with Gasteiger partial charge >= 0.3 is 0 Å². The van der Waals surface area contributed by atoms with E-state index in [1.165, 1.54) is 0 Å². The number of hydrogen-bond acceptors (Lipinski definition) is 6. The van der Waals surface area contributed by atoms with Crippen molar-refractivity contribution in [2.45, 2.75) is 25.3 Å². The van der Waals surface area contributed by atoms with Gasteiger partial charge in [0, 0.05) is 44.7 Å². The fourth-order valence-electron chi connectivity index (χ4n) is 3.05. The Morgan fingerprint density at radius 2 is 2.04 bits per heavy atom. The molecule has 0 amide bonds. The van der Waals surface area contributed by atoms with E-state index in [1.54, 1.807) is 17.1 Å². The molecule has 1 saturated heterocycles. The van der Waals surface area contributed by atoms with E-state index in [4.69, 9.17) is 5.11 Å². The second-order valence-corrected chi connectivity index (χ2v) is 5.96. The quantitative estimate of drug-likeness (QED) is 0.855. The molecule has 0 aliphatic carbocycles. The summed E-state index contributed by atoms with van der Waals surface area (Å²) in [5.41, 5.74) is 0. The number of nitrogens with zero attached hydrogens (tertiary/aromatic N) is 6. The zero-order valence-corrected chi connectivity index (χ0v) is 13.5. The van der Waals surface area contributed by atoms with Crippen molar-refractivity contribution in [3.63, 3.8) is 0 Å². The Kier molecular flexibility index (Phi) is 5.19. The monoisotopic (exact) mass is 316 g/mol. The van der Waals surface area contributed by atoms with Crippen LogP contribution in [-0.4, -0.2) is 69.1 Å². The molecule has 0 spiro atoms. The third kappa shape index (κ3) is 3.86. The third-order valence-electron chi connectivity index (χ3n) is 4.43. The molecule has 0 atom stereocenters. The number of aliphatic hydroxyl groups is 1. The lowest BCUT2D eigenvalue weighted by molar-refractivity contribution is 0.184. The highest BCUT2D eigenvalue weighted by molar-refractivity contribution is 5.39. The second-order valence-electron chi connectivity index (χ2n) is 5.96. The van der Waals surface area contributed by atoms with Crippen molar-refractivity contribution >= 4 is 5.82 Å². The van der Waals surface area contributed by atoms with Crippen molar-refractivity contribution in [3.8, 4) is 5.82 Å². The van der Waals surface area contributed by atoms with Gasteiger partial charge in [-0.3, -0.25) is 4.98 Å². The minimum Gasteiger partial charge on any atom is -0.396 e. The predicted octanol–water partition coefficient (Wildman–Crippen LogP) is 0.945. The summed E-state index contributed by atoms with van der Waals surface area (Å²) in [5.74, 6) is 1.66. The molecule has 2 aromatic heterocycles. The van der Waals surface area contributed by atoms with Crippen LogP contribution in [0.2, 0.25) is 0 Å². The molecule has 0 radical (unpaired) electrons. The summed E-state index contributed by atoms with van der Waals surface area (Å²) in [5, 5.41) is 13.2. The Morgan fingerprint density at radius 3 is 2.74 bits per heavy atom. The van der Waals surface area contributed by atoms with Gasteiger partial charge in [0.1, 0.15) is 5.82 Å². The maximum absolute atomic E-state index is 8.95. The molecule has 1 fully saturated rings. The van der Waals surface area contributed by atoms with Crippen molar-refractivity contribution in [2.24, 2.45) is 0 Å². The SMILES string of the molecule is CN(CCCO)C1CCN(c2cncc(-n3cccn3)n2)CC1. The number of rotatable bonds is 6. The van der Waals surface area contributed by atoms with Crippen LogP contribution in [0.1, 0.15) is 19.3 Å². The third-order valence-corrected chi connectivity index (χ3v) is 4.43. The van der Waals surface area contributed by atoms with Gasteiger partial charge in [0.15, 0.2) is 5.82 Å². The Balaban J connectivity index is 1.61. The number of hydrogen-bond donors (Lipinski definition) is 1. The lowest BCUT2D eigenvalue weighted by Gasteiger charge is -2.37. The van der Waals surface area contributed by atoms with Gasteiger partial charge in [0.25, 0.3) is 0 Å². The zero-order chi connectivity index (χ0) is 16.1. The van der Waals surface area contributed by atoms with Crippen LogP contribution in [0.3, 0.4) is 0 Å². The summed E-state index contributed by atoms with van der Waals surface area (Å²) in [4.78, 5) is 13.6. The Morgan fingerprint density at radius 1 is 1.26 bits per heavy atom. The molecule has 3 rings (SSSR count). The molecule has 1 aliphatic rings. The minimum atomic E-state index is 0.263. The van der Waals surface area contributed by atoms with Crippen molar-refractivity contribution in [2.75, 3.05) is 38.2 Å². The maximum atomic E-state index is 8.95. The summed E-state index contributed by atoms with van der Waals surface area (Å²) in [6, 6.07) is 2.46. The summed E-state index contributed by atoms with van der Waals surface area (Å²) in [6.45, 7) is 3.17. The van der Waals surface area contributed by atoms with E-state index < -0.39 is 0 Å². The lowest BCUT2D eigenvalue weighted by atomic mass is 10.0. The first-order valence-electron chi connectivity index (χ1n) is 8.16. The van der Waals surface area contributed by atoms with E-state index in [9.17, 15) is 0 Å². The molecular formula is C16H24N6O. The summed E-state index contributed by atoms with van der Waals surface area (Å²) >= 11 is 0. The average molecular weight is 316 g/mol. The van der Waals surface area contributed by atoms with E-state index in [1.807, 2.05) is 18.5 Å². The predicted molar refractivity (Wildman–Crippen MR) is 88.7 cm³/mol. The van der Waals surface area contributed by atoms with Crippen LogP contribution in [0.4, 0.5) is 5.82 Å². The number of anilines is 1. The van der Waals surface area contributed by atoms with Crippen LogP contribution >= 0.6 is 0 Å². The first-order chi connectivity index (χ1) is 11.3. The van der Waals surface area contributed by atoms with Crippen LogP contribution < -0.4 is 4.90 Å². The molecule has 23 heavy (non-hydrogen) atoms. The van der Waals surface area contributed by atoms with Gasteiger partial charge in [-0.1, -0.05) is 0 Å². The molecule has 0 aromatic carbocycles. The van der Waals surface area contributed by atoms with Crippen molar-refractivity contribution < 1.29 is 5.11 Å². The minimum absolute atomic E-state index is 0.263. The largest absolute Gasteiger partial charge is 0.396 e. The normalized spacial score (nSPS) is 16.2. The maximum Gasteiger partial charge on any atom is 0.173 e. The summed E-state index contributed by atoms with van der Waals surface area (Å²) in [7, 11) is 2.15. The molecular weight excluding hydrogens is 292 g/mol. The van der Waals surface area contributed by atoms with E-state index >= 15 is 0 Å². The highest BCUT2D eigenvalue weighted by Crippen LogP contribution is 2.20. The molecule has 0 unspecified atom stereocenters. The molecule has 1 aliphatic heterocycles. The van der Waals surface area contributed by atoms with Gasteiger partial charge in [0.2, 0.25) is 0 Å².